The van der Waals surface area contributed by atoms with Gasteiger partial charge >= 0.3 is 0 Å². The summed E-state index contributed by atoms with van der Waals surface area (Å²) in [5.74, 6) is 0.446. The summed E-state index contributed by atoms with van der Waals surface area (Å²) in [5.41, 5.74) is 8.85. The minimum absolute atomic E-state index is 0.120. The second-order valence-corrected chi connectivity index (χ2v) is 5.23. The van der Waals surface area contributed by atoms with Crippen LogP contribution < -0.4 is 5.73 Å². The summed E-state index contributed by atoms with van der Waals surface area (Å²) in [4.78, 5) is 15.0. The van der Waals surface area contributed by atoms with Gasteiger partial charge in [0.25, 0.3) is 0 Å². The molecule has 0 amide bonds. The standard InChI is InChI=1S/C15H19N5O/c1-11-2-3-12(8-19-11)9-20-6-7-21-13(10-20)14-15(16)18-5-4-17-14/h2-5,8,13H,6-7,9-10H2,1H3,(H2,16,18). The average Bonchev–Trinajstić information content (AvgIpc) is 2.50. The third-order valence-electron chi connectivity index (χ3n) is 3.59. The zero-order valence-electron chi connectivity index (χ0n) is 12.1. The van der Waals surface area contributed by atoms with Gasteiger partial charge in [-0.05, 0) is 18.6 Å². The molecule has 0 aromatic carbocycles. The van der Waals surface area contributed by atoms with E-state index in [9.17, 15) is 0 Å². The lowest BCUT2D eigenvalue weighted by Gasteiger charge is -2.32. The molecule has 1 fully saturated rings. The molecule has 2 aromatic rings. The van der Waals surface area contributed by atoms with E-state index in [4.69, 9.17) is 10.5 Å². The first-order chi connectivity index (χ1) is 10.2. The molecule has 1 aliphatic heterocycles. The minimum atomic E-state index is -0.120. The molecule has 2 N–H and O–H groups in total. The van der Waals surface area contributed by atoms with Crippen molar-refractivity contribution in [3.8, 4) is 0 Å². The molecule has 0 spiro atoms. The third-order valence-corrected chi connectivity index (χ3v) is 3.59. The van der Waals surface area contributed by atoms with Gasteiger partial charge in [-0.15, -0.1) is 0 Å². The van der Waals surface area contributed by atoms with Crippen molar-refractivity contribution in [3.05, 3.63) is 47.7 Å². The van der Waals surface area contributed by atoms with Gasteiger partial charge in [-0.2, -0.15) is 0 Å². The molecule has 0 aliphatic carbocycles. The number of aromatic nitrogens is 3. The Balaban J connectivity index is 1.68. The van der Waals surface area contributed by atoms with Crippen molar-refractivity contribution in [1.82, 2.24) is 19.9 Å². The highest BCUT2D eigenvalue weighted by atomic mass is 16.5. The van der Waals surface area contributed by atoms with E-state index in [0.29, 0.717) is 12.4 Å². The molecule has 3 rings (SSSR count). The Labute approximate surface area is 124 Å². The van der Waals surface area contributed by atoms with Crippen molar-refractivity contribution >= 4 is 5.82 Å². The van der Waals surface area contributed by atoms with Gasteiger partial charge in [0.15, 0.2) is 0 Å². The van der Waals surface area contributed by atoms with E-state index in [1.807, 2.05) is 19.2 Å². The molecule has 0 saturated carbocycles. The molecule has 0 radical (unpaired) electrons. The number of nitrogens with two attached hydrogens (primary N) is 1. The number of pyridine rings is 1. The van der Waals surface area contributed by atoms with Crippen molar-refractivity contribution in [3.63, 3.8) is 0 Å². The van der Waals surface area contributed by atoms with E-state index in [-0.39, 0.29) is 6.10 Å². The molecule has 3 heterocycles. The van der Waals surface area contributed by atoms with Crippen LogP contribution in [0.25, 0.3) is 0 Å². The van der Waals surface area contributed by atoms with Crippen LogP contribution in [-0.4, -0.2) is 39.5 Å². The third kappa shape index (κ3) is 3.34. The number of nitrogens with zero attached hydrogens (tertiary/aromatic N) is 4. The Morgan fingerprint density at radius 1 is 1.29 bits per heavy atom. The highest BCUT2D eigenvalue weighted by molar-refractivity contribution is 5.35. The predicted octanol–water partition coefficient (Wildman–Crippen LogP) is 1.34. The first-order valence-corrected chi connectivity index (χ1v) is 7.04. The number of hydrogen-bond acceptors (Lipinski definition) is 6. The Morgan fingerprint density at radius 3 is 2.90 bits per heavy atom. The fourth-order valence-corrected chi connectivity index (χ4v) is 2.47. The molecule has 1 aliphatic rings. The summed E-state index contributed by atoms with van der Waals surface area (Å²) < 4.78 is 5.79. The van der Waals surface area contributed by atoms with Gasteiger partial charge in [-0.25, -0.2) is 4.98 Å². The van der Waals surface area contributed by atoms with Gasteiger partial charge in [0.05, 0.1) is 6.61 Å². The Hall–Kier alpha value is -2.05. The average molecular weight is 285 g/mol. The summed E-state index contributed by atoms with van der Waals surface area (Å²) in [5, 5.41) is 0. The predicted molar refractivity (Wildman–Crippen MR) is 79.4 cm³/mol. The lowest BCUT2D eigenvalue weighted by atomic mass is 10.1. The molecule has 6 nitrogen and oxygen atoms in total. The molecule has 0 bridgehead atoms. The maximum absolute atomic E-state index is 5.88. The van der Waals surface area contributed by atoms with E-state index in [2.05, 4.69) is 25.9 Å². The molecular formula is C15H19N5O. The highest BCUT2D eigenvalue weighted by Crippen LogP contribution is 2.24. The van der Waals surface area contributed by atoms with Crippen LogP contribution >= 0.6 is 0 Å². The van der Waals surface area contributed by atoms with Crippen molar-refractivity contribution in [2.24, 2.45) is 0 Å². The highest BCUT2D eigenvalue weighted by Gasteiger charge is 2.25. The fraction of sp³-hybridized carbons (Fsp3) is 0.400. The van der Waals surface area contributed by atoms with Crippen LogP contribution in [0.3, 0.4) is 0 Å². The van der Waals surface area contributed by atoms with Crippen molar-refractivity contribution in [2.45, 2.75) is 19.6 Å². The monoisotopic (exact) mass is 285 g/mol. The Bertz CT molecular complexity index is 601. The van der Waals surface area contributed by atoms with Gasteiger partial charge in [0.1, 0.15) is 17.6 Å². The largest absolute Gasteiger partial charge is 0.382 e. The normalized spacial score (nSPS) is 19.6. The lowest BCUT2D eigenvalue weighted by molar-refractivity contribution is -0.0347. The van der Waals surface area contributed by atoms with Gasteiger partial charge in [0, 0.05) is 43.9 Å². The Kier molecular flexibility index (Phi) is 4.08. The first kappa shape index (κ1) is 13.9. The number of anilines is 1. The second kappa shape index (κ2) is 6.15. The molecule has 2 aromatic heterocycles. The van der Waals surface area contributed by atoms with Crippen LogP contribution in [0, 0.1) is 6.92 Å². The topological polar surface area (TPSA) is 77.2 Å². The summed E-state index contributed by atoms with van der Waals surface area (Å²) in [6.07, 6.45) is 5.05. The van der Waals surface area contributed by atoms with Gasteiger partial charge in [-0.1, -0.05) is 6.07 Å². The number of ether oxygens (including phenoxy) is 1. The second-order valence-electron chi connectivity index (χ2n) is 5.23. The quantitative estimate of drug-likeness (QED) is 0.917. The summed E-state index contributed by atoms with van der Waals surface area (Å²) >= 11 is 0. The van der Waals surface area contributed by atoms with E-state index >= 15 is 0 Å². The smallest absolute Gasteiger partial charge is 0.147 e. The van der Waals surface area contributed by atoms with E-state index in [1.165, 1.54) is 5.56 Å². The van der Waals surface area contributed by atoms with E-state index < -0.39 is 0 Å². The fourth-order valence-electron chi connectivity index (χ4n) is 2.47. The summed E-state index contributed by atoms with van der Waals surface area (Å²) in [7, 11) is 0. The van der Waals surface area contributed by atoms with Gasteiger partial charge in [0.2, 0.25) is 0 Å². The molecule has 1 atom stereocenters. The molecule has 21 heavy (non-hydrogen) atoms. The van der Waals surface area contributed by atoms with E-state index in [1.54, 1.807) is 12.4 Å². The molecule has 110 valence electrons. The number of aryl methyl sites for hydroxylation is 1. The van der Waals surface area contributed by atoms with Crippen molar-refractivity contribution in [1.29, 1.82) is 0 Å². The molecule has 1 saturated heterocycles. The molecule has 6 heteroatoms. The molecular weight excluding hydrogens is 266 g/mol. The van der Waals surface area contributed by atoms with Crippen LogP contribution in [0.4, 0.5) is 5.82 Å². The number of morpholine rings is 1. The minimum Gasteiger partial charge on any atom is -0.382 e. The van der Waals surface area contributed by atoms with Crippen LogP contribution in [-0.2, 0) is 11.3 Å². The van der Waals surface area contributed by atoms with Gasteiger partial charge < -0.3 is 10.5 Å². The maximum Gasteiger partial charge on any atom is 0.147 e. The zero-order valence-corrected chi connectivity index (χ0v) is 12.1. The SMILES string of the molecule is Cc1ccc(CN2CCOC(c3nccnc3N)C2)cn1. The number of nitrogen functional groups attached to an aromatic ring is 1. The van der Waals surface area contributed by atoms with Crippen LogP contribution in [0.15, 0.2) is 30.7 Å². The lowest BCUT2D eigenvalue weighted by Crippen LogP contribution is -2.38. The van der Waals surface area contributed by atoms with Crippen LogP contribution in [0.5, 0.6) is 0 Å². The van der Waals surface area contributed by atoms with Crippen molar-refractivity contribution < 1.29 is 4.74 Å². The van der Waals surface area contributed by atoms with Crippen LogP contribution in [0.2, 0.25) is 0 Å². The maximum atomic E-state index is 5.88. The van der Waals surface area contributed by atoms with Crippen LogP contribution in [0.1, 0.15) is 23.1 Å². The summed E-state index contributed by atoms with van der Waals surface area (Å²) in [6.45, 7) is 5.17. The van der Waals surface area contributed by atoms with E-state index in [0.717, 1.165) is 31.0 Å². The Morgan fingerprint density at radius 2 is 2.14 bits per heavy atom. The number of hydrogen-bond donors (Lipinski definition) is 1. The van der Waals surface area contributed by atoms with Gasteiger partial charge in [-0.3, -0.25) is 14.9 Å². The first-order valence-electron chi connectivity index (χ1n) is 7.04. The number of rotatable bonds is 3. The zero-order chi connectivity index (χ0) is 14.7. The summed E-state index contributed by atoms with van der Waals surface area (Å²) in [6, 6.07) is 4.15. The van der Waals surface area contributed by atoms with Crippen molar-refractivity contribution in [2.75, 3.05) is 25.4 Å². The molecule has 1 unspecified atom stereocenters.